The number of nitrogens with one attached hydrogen (secondary N) is 2. The third-order valence-electron chi connectivity index (χ3n) is 4.21. The second-order valence-electron chi connectivity index (χ2n) is 6.17. The molecule has 2 N–H and O–H groups in total. The molecule has 27 heavy (non-hydrogen) atoms. The summed E-state index contributed by atoms with van der Waals surface area (Å²) in [6, 6.07) is 10.8. The third-order valence-corrected chi connectivity index (χ3v) is 4.21. The SMILES string of the molecule is C[C@H](NC(=O)Cc1cc2cc(C#N)ccc2[nH]c1=O)c1ccc(F)cc1F. The number of benzene rings is 2. The molecule has 0 saturated carbocycles. The highest BCUT2D eigenvalue weighted by molar-refractivity contribution is 5.83. The molecular formula is C20H15F2N3O2. The summed E-state index contributed by atoms with van der Waals surface area (Å²) < 4.78 is 26.8. The second-order valence-corrected chi connectivity index (χ2v) is 6.17. The molecule has 2 aromatic carbocycles. The molecule has 7 heteroatoms. The van der Waals surface area contributed by atoms with Crippen molar-refractivity contribution in [3.05, 3.63) is 81.1 Å². The predicted octanol–water partition coefficient (Wildman–Crippen LogP) is 3.10. The third kappa shape index (κ3) is 4.01. The number of H-pyrrole nitrogens is 1. The van der Waals surface area contributed by atoms with Crippen molar-refractivity contribution in [3.63, 3.8) is 0 Å². The Hall–Kier alpha value is -3.53. The van der Waals surface area contributed by atoms with Gasteiger partial charge in [-0.25, -0.2) is 8.78 Å². The number of fused-ring (bicyclic) bond motifs is 1. The zero-order valence-electron chi connectivity index (χ0n) is 14.3. The molecule has 0 bridgehead atoms. The smallest absolute Gasteiger partial charge is 0.252 e. The highest BCUT2D eigenvalue weighted by Gasteiger charge is 2.16. The maximum Gasteiger partial charge on any atom is 0.252 e. The summed E-state index contributed by atoms with van der Waals surface area (Å²) in [5.41, 5.74) is 0.955. The van der Waals surface area contributed by atoms with Crippen LogP contribution >= 0.6 is 0 Å². The molecule has 5 nitrogen and oxygen atoms in total. The fourth-order valence-electron chi connectivity index (χ4n) is 2.85. The van der Waals surface area contributed by atoms with Gasteiger partial charge in [-0.05, 0) is 42.6 Å². The van der Waals surface area contributed by atoms with Crippen molar-refractivity contribution in [3.8, 4) is 6.07 Å². The predicted molar refractivity (Wildman–Crippen MR) is 95.9 cm³/mol. The van der Waals surface area contributed by atoms with Gasteiger partial charge in [-0.15, -0.1) is 0 Å². The molecule has 0 aliphatic carbocycles. The van der Waals surface area contributed by atoms with Crippen LogP contribution in [0.3, 0.4) is 0 Å². The van der Waals surface area contributed by atoms with E-state index < -0.39 is 29.1 Å². The molecule has 1 aromatic heterocycles. The molecule has 0 radical (unpaired) electrons. The van der Waals surface area contributed by atoms with Gasteiger partial charge in [-0.1, -0.05) is 6.07 Å². The van der Waals surface area contributed by atoms with Crippen molar-refractivity contribution in [1.29, 1.82) is 5.26 Å². The normalized spacial score (nSPS) is 11.8. The first kappa shape index (κ1) is 18.3. The first-order valence-electron chi connectivity index (χ1n) is 8.18. The Kier molecular flexibility index (Phi) is 4.99. The van der Waals surface area contributed by atoms with Crippen LogP contribution in [0.5, 0.6) is 0 Å². The van der Waals surface area contributed by atoms with Crippen LogP contribution in [0.15, 0.2) is 47.3 Å². The van der Waals surface area contributed by atoms with Crippen LogP contribution in [0, 0.1) is 23.0 Å². The van der Waals surface area contributed by atoms with E-state index in [9.17, 15) is 18.4 Å². The Labute approximate surface area is 153 Å². The molecule has 3 aromatic rings. The lowest BCUT2D eigenvalue weighted by Crippen LogP contribution is -2.30. The molecule has 3 rings (SSSR count). The summed E-state index contributed by atoms with van der Waals surface area (Å²) in [4.78, 5) is 27.1. The van der Waals surface area contributed by atoms with E-state index >= 15 is 0 Å². The number of hydrogen-bond donors (Lipinski definition) is 2. The summed E-state index contributed by atoms with van der Waals surface area (Å²) in [5, 5.41) is 12.2. The molecule has 1 amide bonds. The molecular weight excluding hydrogens is 352 g/mol. The zero-order valence-corrected chi connectivity index (χ0v) is 14.3. The van der Waals surface area contributed by atoms with Crippen LogP contribution in [0.1, 0.15) is 29.7 Å². The van der Waals surface area contributed by atoms with E-state index in [-0.39, 0.29) is 17.5 Å². The number of nitrogens with zero attached hydrogens (tertiary/aromatic N) is 1. The van der Waals surface area contributed by atoms with E-state index in [1.54, 1.807) is 31.2 Å². The van der Waals surface area contributed by atoms with Crippen LogP contribution in [0.25, 0.3) is 10.9 Å². The van der Waals surface area contributed by atoms with Gasteiger partial charge in [0.2, 0.25) is 5.91 Å². The van der Waals surface area contributed by atoms with Gasteiger partial charge in [-0.2, -0.15) is 5.26 Å². The van der Waals surface area contributed by atoms with Crippen molar-refractivity contribution < 1.29 is 13.6 Å². The monoisotopic (exact) mass is 367 g/mol. The fourth-order valence-corrected chi connectivity index (χ4v) is 2.85. The maximum atomic E-state index is 13.8. The lowest BCUT2D eigenvalue weighted by molar-refractivity contribution is -0.121. The Bertz CT molecular complexity index is 1130. The highest BCUT2D eigenvalue weighted by Crippen LogP contribution is 2.18. The average molecular weight is 367 g/mol. The van der Waals surface area contributed by atoms with Crippen LogP contribution in [-0.2, 0) is 11.2 Å². The number of amides is 1. The number of aromatic nitrogens is 1. The van der Waals surface area contributed by atoms with Crippen molar-refractivity contribution in [2.24, 2.45) is 0 Å². The number of carbonyl (C=O) groups is 1. The summed E-state index contributed by atoms with van der Waals surface area (Å²) in [5.74, 6) is -1.93. The molecule has 0 saturated heterocycles. The number of carbonyl (C=O) groups excluding carboxylic acids is 1. The Morgan fingerprint density at radius 1 is 1.22 bits per heavy atom. The summed E-state index contributed by atoms with van der Waals surface area (Å²) in [6.07, 6.45) is -0.213. The second kappa shape index (κ2) is 7.38. The van der Waals surface area contributed by atoms with Gasteiger partial charge in [0, 0.05) is 22.7 Å². The van der Waals surface area contributed by atoms with Gasteiger partial charge < -0.3 is 10.3 Å². The summed E-state index contributed by atoms with van der Waals surface area (Å²) in [6.45, 7) is 1.57. The first-order valence-corrected chi connectivity index (χ1v) is 8.18. The number of pyridine rings is 1. The van der Waals surface area contributed by atoms with Gasteiger partial charge in [0.1, 0.15) is 11.6 Å². The van der Waals surface area contributed by atoms with Gasteiger partial charge in [0.15, 0.2) is 0 Å². The molecule has 1 heterocycles. The molecule has 0 unspecified atom stereocenters. The molecule has 0 fully saturated rings. The number of rotatable bonds is 4. The van der Waals surface area contributed by atoms with Crippen LogP contribution in [-0.4, -0.2) is 10.9 Å². The van der Waals surface area contributed by atoms with E-state index in [0.717, 1.165) is 12.1 Å². The standard InChI is InChI=1S/C20H15F2N3O2/c1-11(16-4-3-15(21)9-17(16)22)24-19(26)8-14-7-13-6-12(10-23)2-5-18(13)25-20(14)27/h2-7,9,11H,8H2,1H3,(H,24,26)(H,25,27)/t11-/m0/s1. The molecule has 1 atom stereocenters. The number of hydrogen-bond acceptors (Lipinski definition) is 3. The van der Waals surface area contributed by atoms with E-state index in [1.165, 1.54) is 6.07 Å². The largest absolute Gasteiger partial charge is 0.349 e. The molecule has 0 spiro atoms. The van der Waals surface area contributed by atoms with Crippen molar-refractivity contribution in [2.75, 3.05) is 0 Å². The summed E-state index contributed by atoms with van der Waals surface area (Å²) >= 11 is 0. The van der Waals surface area contributed by atoms with E-state index in [0.29, 0.717) is 16.5 Å². The Morgan fingerprint density at radius 2 is 2.00 bits per heavy atom. The van der Waals surface area contributed by atoms with Crippen molar-refractivity contribution in [2.45, 2.75) is 19.4 Å². The number of aromatic amines is 1. The Morgan fingerprint density at radius 3 is 2.70 bits per heavy atom. The zero-order chi connectivity index (χ0) is 19.6. The highest BCUT2D eigenvalue weighted by atomic mass is 19.1. The molecule has 136 valence electrons. The van der Waals surface area contributed by atoms with E-state index in [1.807, 2.05) is 6.07 Å². The van der Waals surface area contributed by atoms with Crippen LogP contribution in [0.2, 0.25) is 0 Å². The minimum Gasteiger partial charge on any atom is -0.349 e. The van der Waals surface area contributed by atoms with Gasteiger partial charge >= 0.3 is 0 Å². The lowest BCUT2D eigenvalue weighted by Gasteiger charge is -2.15. The maximum absolute atomic E-state index is 13.8. The van der Waals surface area contributed by atoms with Gasteiger partial charge in [-0.3, -0.25) is 9.59 Å². The molecule has 0 aliphatic heterocycles. The van der Waals surface area contributed by atoms with Crippen LogP contribution < -0.4 is 10.9 Å². The minimum absolute atomic E-state index is 0.149. The van der Waals surface area contributed by atoms with Crippen molar-refractivity contribution >= 4 is 16.8 Å². The first-order chi connectivity index (χ1) is 12.9. The average Bonchev–Trinajstić information content (AvgIpc) is 2.61. The van der Waals surface area contributed by atoms with E-state index in [4.69, 9.17) is 5.26 Å². The van der Waals surface area contributed by atoms with Gasteiger partial charge in [0.05, 0.1) is 24.1 Å². The Balaban J connectivity index is 1.80. The molecule has 0 aliphatic rings. The van der Waals surface area contributed by atoms with Gasteiger partial charge in [0.25, 0.3) is 5.56 Å². The van der Waals surface area contributed by atoms with E-state index in [2.05, 4.69) is 10.3 Å². The van der Waals surface area contributed by atoms with Crippen LogP contribution in [0.4, 0.5) is 8.78 Å². The van der Waals surface area contributed by atoms with Crippen molar-refractivity contribution in [1.82, 2.24) is 10.3 Å². The number of halogens is 2. The summed E-state index contributed by atoms with van der Waals surface area (Å²) in [7, 11) is 0. The fraction of sp³-hybridized carbons (Fsp3) is 0.150. The topological polar surface area (TPSA) is 85.8 Å². The minimum atomic E-state index is -0.754. The lowest BCUT2D eigenvalue weighted by atomic mass is 10.1. The number of nitriles is 1. The quantitative estimate of drug-likeness (QED) is 0.743.